The van der Waals surface area contributed by atoms with Crippen LogP contribution in [0.1, 0.15) is 51.9 Å². The number of carbonyl (C=O) groups is 1. The van der Waals surface area contributed by atoms with Crippen LogP contribution in [-0.2, 0) is 4.79 Å². The van der Waals surface area contributed by atoms with Crippen LogP contribution in [0.2, 0.25) is 0 Å². The summed E-state index contributed by atoms with van der Waals surface area (Å²) in [7, 11) is 0. The Morgan fingerprint density at radius 2 is 1.94 bits per heavy atom. The van der Waals surface area contributed by atoms with Gasteiger partial charge in [-0.15, -0.1) is 0 Å². The predicted octanol–water partition coefficient (Wildman–Crippen LogP) is 1.19. The van der Waals surface area contributed by atoms with Crippen molar-refractivity contribution in [3.05, 3.63) is 0 Å². The van der Waals surface area contributed by atoms with Crippen LogP contribution in [0, 0.1) is 5.41 Å². The summed E-state index contributed by atoms with van der Waals surface area (Å²) < 4.78 is 0. The summed E-state index contributed by atoms with van der Waals surface area (Å²) in [5.41, 5.74) is -0.464. The first-order valence-corrected chi connectivity index (χ1v) is 7.25. The highest BCUT2D eigenvalue weighted by atomic mass is 16.3. The van der Waals surface area contributed by atoms with Crippen LogP contribution in [0.25, 0.3) is 0 Å². The molecule has 104 valence electrons. The molecule has 0 spiro atoms. The van der Waals surface area contributed by atoms with E-state index in [1.165, 1.54) is 19.3 Å². The molecule has 2 fully saturated rings. The second-order valence-electron chi connectivity index (χ2n) is 6.26. The maximum absolute atomic E-state index is 12.2. The van der Waals surface area contributed by atoms with Crippen LogP contribution < -0.4 is 10.6 Å². The average molecular weight is 254 g/mol. The molecule has 4 heteroatoms. The third kappa shape index (κ3) is 2.86. The molecule has 1 amide bonds. The molecule has 1 saturated carbocycles. The number of aliphatic hydroxyl groups is 1. The fraction of sp³-hybridized carbons (Fsp3) is 0.929. The lowest BCUT2D eigenvalue weighted by molar-refractivity contribution is -0.127. The van der Waals surface area contributed by atoms with Crippen LogP contribution >= 0.6 is 0 Å². The van der Waals surface area contributed by atoms with Crippen molar-refractivity contribution in [2.45, 2.75) is 57.4 Å². The number of nitrogens with one attached hydrogen (secondary N) is 2. The molecule has 0 radical (unpaired) electrons. The van der Waals surface area contributed by atoms with Gasteiger partial charge in [-0.2, -0.15) is 0 Å². The molecule has 0 bridgehead atoms. The summed E-state index contributed by atoms with van der Waals surface area (Å²) in [5, 5.41) is 16.0. The predicted molar refractivity (Wildman–Crippen MR) is 71.3 cm³/mol. The minimum atomic E-state index is -0.398. The highest BCUT2D eigenvalue weighted by Gasteiger charge is 2.38. The second kappa shape index (κ2) is 5.57. The minimum Gasteiger partial charge on any atom is -0.396 e. The van der Waals surface area contributed by atoms with E-state index in [9.17, 15) is 9.90 Å². The zero-order chi connectivity index (χ0) is 13.1. The lowest BCUT2D eigenvalue weighted by Gasteiger charge is -2.36. The van der Waals surface area contributed by atoms with Crippen LogP contribution in [0.5, 0.6) is 0 Å². The van der Waals surface area contributed by atoms with Gasteiger partial charge in [0.25, 0.3) is 0 Å². The van der Waals surface area contributed by atoms with Crippen molar-refractivity contribution in [2.24, 2.45) is 5.41 Å². The Labute approximate surface area is 110 Å². The molecule has 2 rings (SSSR count). The summed E-state index contributed by atoms with van der Waals surface area (Å²) in [6.45, 7) is 3.72. The minimum absolute atomic E-state index is 0.0666. The van der Waals surface area contributed by atoms with E-state index in [4.69, 9.17) is 0 Å². The third-order valence-electron chi connectivity index (χ3n) is 4.74. The van der Waals surface area contributed by atoms with Crippen molar-refractivity contribution in [2.75, 3.05) is 19.7 Å². The summed E-state index contributed by atoms with van der Waals surface area (Å²) in [4.78, 5) is 12.2. The van der Waals surface area contributed by atoms with Crippen molar-refractivity contribution < 1.29 is 9.90 Å². The van der Waals surface area contributed by atoms with E-state index in [0.29, 0.717) is 6.54 Å². The summed E-state index contributed by atoms with van der Waals surface area (Å²) >= 11 is 0. The largest absolute Gasteiger partial charge is 0.396 e. The molecule has 1 saturated heterocycles. The fourth-order valence-electron chi connectivity index (χ4n) is 3.24. The number of aliphatic hydroxyl groups excluding tert-OH is 1. The van der Waals surface area contributed by atoms with Gasteiger partial charge in [-0.25, -0.2) is 0 Å². The Kier molecular flexibility index (Phi) is 4.28. The highest BCUT2D eigenvalue weighted by Crippen LogP contribution is 2.35. The Balaban J connectivity index is 1.87. The summed E-state index contributed by atoms with van der Waals surface area (Å²) in [6, 6.07) is 0. The van der Waals surface area contributed by atoms with Crippen LogP contribution in [0.3, 0.4) is 0 Å². The van der Waals surface area contributed by atoms with Gasteiger partial charge >= 0.3 is 0 Å². The van der Waals surface area contributed by atoms with E-state index in [-0.39, 0.29) is 17.9 Å². The summed E-state index contributed by atoms with van der Waals surface area (Å²) in [6.07, 6.45) is 7.65. The van der Waals surface area contributed by atoms with Crippen LogP contribution in [0.15, 0.2) is 0 Å². The molecule has 4 nitrogen and oxygen atoms in total. The molecule has 2 aliphatic rings. The van der Waals surface area contributed by atoms with E-state index < -0.39 is 5.54 Å². The van der Waals surface area contributed by atoms with Crippen molar-refractivity contribution >= 4 is 5.91 Å². The summed E-state index contributed by atoms with van der Waals surface area (Å²) in [5.74, 6) is 0.0957. The molecule has 18 heavy (non-hydrogen) atoms. The van der Waals surface area contributed by atoms with E-state index in [1.54, 1.807) is 0 Å². The van der Waals surface area contributed by atoms with Crippen molar-refractivity contribution in [3.8, 4) is 0 Å². The first-order valence-electron chi connectivity index (χ1n) is 7.25. The zero-order valence-electron chi connectivity index (χ0n) is 11.4. The smallest absolute Gasteiger partial charge is 0.240 e. The van der Waals surface area contributed by atoms with Gasteiger partial charge in [0.1, 0.15) is 0 Å². The molecule has 1 atom stereocenters. The SMILES string of the molecule is CC1(C(=O)NCC2(CO)CCCCC2)CCCN1. The number of hydrogen-bond acceptors (Lipinski definition) is 3. The average Bonchev–Trinajstić information content (AvgIpc) is 2.85. The Morgan fingerprint density at radius 1 is 1.22 bits per heavy atom. The standard InChI is InChI=1S/C14H26N2O2/c1-13(6-5-9-16-13)12(18)15-10-14(11-17)7-3-2-4-8-14/h16-17H,2-11H2,1H3,(H,15,18). The van der Waals surface area contributed by atoms with Crippen LogP contribution in [0.4, 0.5) is 0 Å². The normalized spacial score (nSPS) is 31.2. The Hall–Kier alpha value is -0.610. The highest BCUT2D eigenvalue weighted by molar-refractivity contribution is 5.86. The molecule has 1 heterocycles. The molecular weight excluding hydrogens is 228 g/mol. The lowest BCUT2D eigenvalue weighted by atomic mass is 9.74. The van der Waals surface area contributed by atoms with Gasteiger partial charge in [-0.05, 0) is 39.2 Å². The molecule has 1 aliphatic carbocycles. The molecular formula is C14H26N2O2. The van der Waals surface area contributed by atoms with Crippen molar-refractivity contribution in [1.82, 2.24) is 10.6 Å². The zero-order valence-corrected chi connectivity index (χ0v) is 11.4. The number of hydrogen-bond donors (Lipinski definition) is 3. The van der Waals surface area contributed by atoms with Gasteiger partial charge in [0.05, 0.1) is 12.1 Å². The maximum atomic E-state index is 12.2. The number of amides is 1. The van der Waals surface area contributed by atoms with E-state index >= 15 is 0 Å². The van der Waals surface area contributed by atoms with Crippen molar-refractivity contribution in [1.29, 1.82) is 0 Å². The van der Waals surface area contributed by atoms with Gasteiger partial charge in [0, 0.05) is 12.0 Å². The quantitative estimate of drug-likeness (QED) is 0.706. The molecule has 3 N–H and O–H groups in total. The number of rotatable bonds is 4. The molecule has 0 aromatic heterocycles. The third-order valence-corrected chi connectivity index (χ3v) is 4.74. The second-order valence-corrected chi connectivity index (χ2v) is 6.26. The fourth-order valence-corrected chi connectivity index (χ4v) is 3.24. The molecule has 0 aromatic carbocycles. The van der Waals surface area contributed by atoms with Gasteiger partial charge in [0.2, 0.25) is 5.91 Å². The topological polar surface area (TPSA) is 61.4 Å². The first kappa shape index (κ1) is 13.8. The van der Waals surface area contributed by atoms with Gasteiger partial charge in [-0.3, -0.25) is 4.79 Å². The van der Waals surface area contributed by atoms with Crippen LogP contribution in [-0.4, -0.2) is 36.2 Å². The van der Waals surface area contributed by atoms with Gasteiger partial charge in [-0.1, -0.05) is 19.3 Å². The monoisotopic (exact) mass is 254 g/mol. The molecule has 1 aliphatic heterocycles. The molecule has 0 aromatic rings. The van der Waals surface area contributed by atoms with Gasteiger partial charge in [0.15, 0.2) is 0 Å². The van der Waals surface area contributed by atoms with Crippen molar-refractivity contribution in [3.63, 3.8) is 0 Å². The first-order chi connectivity index (χ1) is 8.60. The van der Waals surface area contributed by atoms with E-state index in [1.807, 2.05) is 6.92 Å². The van der Waals surface area contributed by atoms with E-state index in [0.717, 1.165) is 32.2 Å². The van der Waals surface area contributed by atoms with E-state index in [2.05, 4.69) is 10.6 Å². The lowest BCUT2D eigenvalue weighted by Crippen LogP contribution is -2.54. The maximum Gasteiger partial charge on any atom is 0.240 e. The Morgan fingerprint density at radius 3 is 2.50 bits per heavy atom. The Bertz CT molecular complexity index is 292. The number of carbonyl (C=O) groups excluding carboxylic acids is 1. The van der Waals surface area contributed by atoms with Gasteiger partial charge < -0.3 is 15.7 Å². The molecule has 1 unspecified atom stereocenters.